The van der Waals surface area contributed by atoms with Crippen LogP contribution in [0.25, 0.3) is 0 Å². The molecule has 16 heavy (non-hydrogen) atoms. The lowest BCUT2D eigenvalue weighted by Gasteiger charge is -2.19. The third kappa shape index (κ3) is 1.67. The normalized spacial score (nSPS) is 13.9. The fourth-order valence-corrected chi connectivity index (χ4v) is 2.84. The third-order valence-corrected chi connectivity index (χ3v) is 3.72. The van der Waals surface area contributed by atoms with Crippen LogP contribution >= 0.6 is 11.8 Å². The van der Waals surface area contributed by atoms with E-state index in [0.29, 0.717) is 24.6 Å². The summed E-state index contributed by atoms with van der Waals surface area (Å²) >= 11 is 1.65. The van der Waals surface area contributed by atoms with Gasteiger partial charge in [-0.2, -0.15) is 0 Å². The number of hydrogen-bond acceptors (Lipinski definition) is 4. The maximum Gasteiger partial charge on any atom is 0.274 e. The van der Waals surface area contributed by atoms with Crippen LogP contribution in [0.2, 0.25) is 0 Å². The van der Waals surface area contributed by atoms with E-state index < -0.39 is 0 Å². The highest BCUT2D eigenvalue weighted by molar-refractivity contribution is 7.99. The molecule has 5 nitrogen and oxygen atoms in total. The van der Waals surface area contributed by atoms with Crippen molar-refractivity contribution in [2.45, 2.75) is 25.5 Å². The van der Waals surface area contributed by atoms with Crippen LogP contribution in [0, 0.1) is 0 Å². The Morgan fingerprint density at radius 1 is 1.56 bits per heavy atom. The van der Waals surface area contributed by atoms with Gasteiger partial charge in [0, 0.05) is 25.4 Å². The van der Waals surface area contributed by atoms with Gasteiger partial charge in [0.05, 0.1) is 0 Å². The Morgan fingerprint density at radius 2 is 2.25 bits per heavy atom. The van der Waals surface area contributed by atoms with Gasteiger partial charge in [-0.05, 0) is 13.8 Å². The van der Waals surface area contributed by atoms with Gasteiger partial charge < -0.3 is 15.2 Å². The van der Waals surface area contributed by atoms with E-state index in [4.69, 9.17) is 5.73 Å². The fourth-order valence-electron chi connectivity index (χ4n) is 1.88. The lowest BCUT2D eigenvalue weighted by molar-refractivity contribution is 0.0763. The van der Waals surface area contributed by atoms with E-state index in [1.54, 1.807) is 16.7 Å². The Morgan fingerprint density at radius 3 is 2.88 bits per heavy atom. The topological polar surface area (TPSA) is 64.2 Å². The molecule has 1 aromatic rings. The average Bonchev–Trinajstić information content (AvgIpc) is 2.78. The smallest absolute Gasteiger partial charge is 0.274 e. The minimum atomic E-state index is -0.0104. The predicted molar refractivity (Wildman–Crippen MR) is 64.6 cm³/mol. The van der Waals surface area contributed by atoms with Crippen molar-refractivity contribution in [1.82, 2.24) is 14.5 Å². The fraction of sp³-hybridized carbons (Fsp3) is 0.600. The van der Waals surface area contributed by atoms with Gasteiger partial charge in [0.2, 0.25) is 0 Å². The van der Waals surface area contributed by atoms with Crippen LogP contribution in [0.1, 0.15) is 24.3 Å². The standard InChI is InChI=1S/C10H16N4OS/c1-3-13(4-2)9(15)7-8(11)12-10-14(7)5-6-16-10/h3-6,11H2,1-2H3. The highest BCUT2D eigenvalue weighted by Crippen LogP contribution is 2.29. The monoisotopic (exact) mass is 240 g/mol. The van der Waals surface area contributed by atoms with Crippen LogP contribution in [0.4, 0.5) is 5.82 Å². The molecule has 1 aromatic heterocycles. The number of imidazole rings is 1. The van der Waals surface area contributed by atoms with Crippen molar-refractivity contribution in [2.24, 2.45) is 0 Å². The molecule has 1 aliphatic rings. The van der Waals surface area contributed by atoms with E-state index in [1.807, 2.05) is 18.4 Å². The van der Waals surface area contributed by atoms with E-state index in [9.17, 15) is 4.79 Å². The first kappa shape index (κ1) is 11.3. The number of rotatable bonds is 3. The molecule has 0 radical (unpaired) electrons. The van der Waals surface area contributed by atoms with E-state index >= 15 is 0 Å². The van der Waals surface area contributed by atoms with Crippen molar-refractivity contribution in [3.63, 3.8) is 0 Å². The van der Waals surface area contributed by atoms with Gasteiger partial charge in [0.15, 0.2) is 16.7 Å². The molecule has 1 amide bonds. The predicted octanol–water partition coefficient (Wildman–Crippen LogP) is 1.05. The second kappa shape index (κ2) is 4.37. The Hall–Kier alpha value is -1.17. The zero-order valence-corrected chi connectivity index (χ0v) is 10.4. The number of fused-ring (bicyclic) bond motifs is 1. The molecule has 6 heteroatoms. The van der Waals surface area contributed by atoms with Gasteiger partial charge in [-0.25, -0.2) is 4.98 Å². The molecule has 2 heterocycles. The summed E-state index contributed by atoms with van der Waals surface area (Å²) in [6, 6.07) is 0. The van der Waals surface area contributed by atoms with Crippen LogP contribution in [0.15, 0.2) is 5.16 Å². The second-order valence-corrected chi connectivity index (χ2v) is 4.67. The molecule has 0 bridgehead atoms. The Balaban J connectivity index is 2.36. The summed E-state index contributed by atoms with van der Waals surface area (Å²) in [5.41, 5.74) is 6.37. The van der Waals surface area contributed by atoms with Crippen LogP contribution in [-0.2, 0) is 6.54 Å². The highest BCUT2D eigenvalue weighted by atomic mass is 32.2. The van der Waals surface area contributed by atoms with Crippen LogP contribution in [0.5, 0.6) is 0 Å². The van der Waals surface area contributed by atoms with Crippen molar-refractivity contribution in [3.05, 3.63) is 5.69 Å². The van der Waals surface area contributed by atoms with E-state index in [1.165, 1.54) is 0 Å². The number of nitrogen functional groups attached to an aromatic ring is 1. The van der Waals surface area contributed by atoms with Gasteiger partial charge in [-0.3, -0.25) is 4.79 Å². The lowest BCUT2D eigenvalue weighted by atomic mass is 10.3. The Kier molecular flexibility index (Phi) is 3.09. The first-order valence-electron chi connectivity index (χ1n) is 5.47. The minimum Gasteiger partial charge on any atom is -0.382 e. The molecule has 88 valence electrons. The average molecular weight is 240 g/mol. The Labute approximate surface area is 99.0 Å². The highest BCUT2D eigenvalue weighted by Gasteiger charge is 2.27. The first-order chi connectivity index (χ1) is 7.69. The molecule has 0 aliphatic carbocycles. The van der Waals surface area contributed by atoms with E-state index in [-0.39, 0.29) is 5.91 Å². The molecule has 0 saturated carbocycles. The van der Waals surface area contributed by atoms with Crippen molar-refractivity contribution < 1.29 is 4.79 Å². The zero-order chi connectivity index (χ0) is 11.7. The van der Waals surface area contributed by atoms with Gasteiger partial charge >= 0.3 is 0 Å². The number of thioether (sulfide) groups is 1. The maximum absolute atomic E-state index is 12.2. The first-order valence-corrected chi connectivity index (χ1v) is 6.45. The number of aromatic nitrogens is 2. The Bertz CT molecular complexity index is 411. The van der Waals surface area contributed by atoms with Gasteiger partial charge in [0.1, 0.15) is 0 Å². The number of amides is 1. The summed E-state index contributed by atoms with van der Waals surface area (Å²) in [6.07, 6.45) is 0. The summed E-state index contributed by atoms with van der Waals surface area (Å²) in [7, 11) is 0. The summed E-state index contributed by atoms with van der Waals surface area (Å²) in [4.78, 5) is 18.2. The molecule has 0 aromatic carbocycles. The molecular weight excluding hydrogens is 224 g/mol. The molecule has 0 spiro atoms. The second-order valence-electron chi connectivity index (χ2n) is 3.61. The van der Waals surface area contributed by atoms with Crippen molar-refractivity contribution in [3.8, 4) is 0 Å². The SMILES string of the molecule is CCN(CC)C(=O)c1c(N)nc2n1CCS2. The van der Waals surface area contributed by atoms with Crippen LogP contribution in [0.3, 0.4) is 0 Å². The number of nitrogens with two attached hydrogens (primary N) is 1. The van der Waals surface area contributed by atoms with Gasteiger partial charge in [-0.15, -0.1) is 0 Å². The molecule has 2 N–H and O–H groups in total. The number of anilines is 1. The molecule has 0 saturated heterocycles. The number of nitrogens with zero attached hydrogens (tertiary/aromatic N) is 3. The third-order valence-electron chi connectivity index (χ3n) is 2.76. The molecule has 1 aliphatic heterocycles. The van der Waals surface area contributed by atoms with E-state index in [2.05, 4.69) is 4.98 Å². The summed E-state index contributed by atoms with van der Waals surface area (Å²) < 4.78 is 1.93. The van der Waals surface area contributed by atoms with E-state index in [0.717, 1.165) is 17.5 Å². The zero-order valence-electron chi connectivity index (χ0n) is 9.56. The molecule has 0 atom stereocenters. The minimum absolute atomic E-state index is 0.0104. The summed E-state index contributed by atoms with van der Waals surface area (Å²) in [5.74, 6) is 1.32. The molecule has 2 rings (SSSR count). The number of carbonyl (C=O) groups excluding carboxylic acids is 1. The summed E-state index contributed by atoms with van der Waals surface area (Å²) in [5, 5.41) is 0.869. The molecule has 0 unspecified atom stereocenters. The van der Waals surface area contributed by atoms with Crippen LogP contribution < -0.4 is 5.73 Å². The largest absolute Gasteiger partial charge is 0.382 e. The summed E-state index contributed by atoms with van der Waals surface area (Å²) in [6.45, 7) is 6.15. The van der Waals surface area contributed by atoms with Crippen molar-refractivity contribution >= 4 is 23.5 Å². The van der Waals surface area contributed by atoms with Gasteiger partial charge in [-0.1, -0.05) is 11.8 Å². The number of hydrogen-bond donors (Lipinski definition) is 1. The van der Waals surface area contributed by atoms with Gasteiger partial charge in [0.25, 0.3) is 5.91 Å². The maximum atomic E-state index is 12.2. The molecular formula is C10H16N4OS. The van der Waals surface area contributed by atoms with Crippen molar-refractivity contribution in [1.29, 1.82) is 0 Å². The molecule has 0 fully saturated rings. The number of carbonyl (C=O) groups is 1. The lowest BCUT2D eigenvalue weighted by Crippen LogP contribution is -2.32. The van der Waals surface area contributed by atoms with Crippen LogP contribution in [-0.4, -0.2) is 39.2 Å². The quantitative estimate of drug-likeness (QED) is 0.858. The van der Waals surface area contributed by atoms with Crippen molar-refractivity contribution in [2.75, 3.05) is 24.6 Å².